The van der Waals surface area contributed by atoms with E-state index in [-0.39, 0.29) is 22.9 Å². The van der Waals surface area contributed by atoms with Gasteiger partial charge in [0.1, 0.15) is 4.90 Å². The first kappa shape index (κ1) is 19.8. The number of hydrogen-bond acceptors (Lipinski definition) is 4. The third kappa shape index (κ3) is 3.84. The van der Waals surface area contributed by atoms with Crippen LogP contribution in [0.4, 0.5) is 5.69 Å². The highest BCUT2D eigenvalue weighted by molar-refractivity contribution is 7.89. The van der Waals surface area contributed by atoms with Crippen molar-refractivity contribution < 1.29 is 13.2 Å². The van der Waals surface area contributed by atoms with Crippen LogP contribution in [0.25, 0.3) is 5.69 Å². The standard InChI is InChI=1S/C23H24N4O3S/c28-23(18-6-5-7-19(16-18)26-12-3-4-13-26)27-14-10-17(11-15-27)22-24-20-8-1-2-9-21(20)31(29,30)25-22/h1-9,12-13,16-17,22,24-25H,10-11,14-15H2/t22-/m0/s1. The maximum absolute atomic E-state index is 13.1. The molecule has 2 aliphatic rings. The summed E-state index contributed by atoms with van der Waals surface area (Å²) >= 11 is 0. The number of rotatable bonds is 3. The SMILES string of the molecule is O=C(c1cccc(-n2cccc2)c1)N1CCC([C@H]2Nc3ccccc3S(=O)(=O)N2)CC1. The summed E-state index contributed by atoms with van der Waals surface area (Å²) in [6.07, 6.45) is 4.99. The Kier molecular flexibility index (Phi) is 5.03. The van der Waals surface area contributed by atoms with Crippen LogP contribution < -0.4 is 10.0 Å². The fourth-order valence-electron chi connectivity index (χ4n) is 4.39. The van der Waals surface area contributed by atoms with E-state index >= 15 is 0 Å². The molecule has 3 aromatic rings. The Labute approximate surface area is 181 Å². The molecule has 0 aliphatic carbocycles. The zero-order valence-electron chi connectivity index (χ0n) is 16.9. The number of piperidine rings is 1. The van der Waals surface area contributed by atoms with Gasteiger partial charge in [-0.2, -0.15) is 4.72 Å². The fourth-order valence-corrected chi connectivity index (χ4v) is 5.77. The van der Waals surface area contributed by atoms with Crippen molar-refractivity contribution in [1.82, 2.24) is 14.2 Å². The van der Waals surface area contributed by atoms with E-state index in [4.69, 9.17) is 0 Å². The number of carbonyl (C=O) groups is 1. The molecular weight excluding hydrogens is 412 g/mol. The van der Waals surface area contributed by atoms with Crippen molar-refractivity contribution in [2.24, 2.45) is 5.92 Å². The molecule has 2 N–H and O–H groups in total. The van der Waals surface area contributed by atoms with Crippen LogP contribution in [0.5, 0.6) is 0 Å². The first-order chi connectivity index (χ1) is 15.0. The van der Waals surface area contributed by atoms with E-state index in [0.29, 0.717) is 24.3 Å². The highest BCUT2D eigenvalue weighted by atomic mass is 32.2. The van der Waals surface area contributed by atoms with Gasteiger partial charge in [0.05, 0.1) is 11.9 Å². The van der Waals surface area contributed by atoms with Crippen LogP contribution in [-0.4, -0.2) is 43.0 Å². The lowest BCUT2D eigenvalue weighted by Gasteiger charge is -2.39. The number of sulfonamides is 1. The van der Waals surface area contributed by atoms with Crippen LogP contribution in [0.15, 0.2) is 78.0 Å². The monoisotopic (exact) mass is 436 g/mol. The van der Waals surface area contributed by atoms with Gasteiger partial charge in [0.2, 0.25) is 10.0 Å². The zero-order valence-corrected chi connectivity index (χ0v) is 17.8. The Bertz CT molecular complexity index is 1200. The Morgan fingerprint density at radius 3 is 2.45 bits per heavy atom. The minimum absolute atomic E-state index is 0.00925. The predicted molar refractivity (Wildman–Crippen MR) is 119 cm³/mol. The van der Waals surface area contributed by atoms with Gasteiger partial charge in [-0.3, -0.25) is 4.79 Å². The molecule has 0 bridgehead atoms. The molecule has 3 heterocycles. The summed E-state index contributed by atoms with van der Waals surface area (Å²) in [5, 5.41) is 3.32. The Morgan fingerprint density at radius 2 is 1.68 bits per heavy atom. The maximum Gasteiger partial charge on any atom is 0.253 e. The first-order valence-corrected chi connectivity index (χ1v) is 11.9. The van der Waals surface area contributed by atoms with E-state index in [2.05, 4.69) is 10.0 Å². The molecule has 1 aromatic heterocycles. The normalized spacial score (nSPS) is 20.6. The number of carbonyl (C=O) groups excluding carboxylic acids is 1. The Balaban J connectivity index is 1.26. The zero-order chi connectivity index (χ0) is 21.4. The lowest BCUT2D eigenvalue weighted by Crippen LogP contribution is -2.52. The fraction of sp³-hybridized carbons (Fsp3) is 0.261. The number of benzene rings is 2. The van der Waals surface area contributed by atoms with Crippen LogP contribution in [0.2, 0.25) is 0 Å². The van der Waals surface area contributed by atoms with Crippen LogP contribution in [0, 0.1) is 5.92 Å². The molecule has 0 radical (unpaired) electrons. The van der Waals surface area contributed by atoms with E-state index in [1.54, 1.807) is 18.2 Å². The van der Waals surface area contributed by atoms with Gasteiger partial charge in [-0.15, -0.1) is 0 Å². The van der Waals surface area contributed by atoms with Gasteiger partial charge in [0.15, 0.2) is 0 Å². The van der Waals surface area contributed by atoms with E-state index in [1.165, 1.54) is 0 Å². The molecule has 1 fully saturated rings. The average Bonchev–Trinajstić information content (AvgIpc) is 3.33. The van der Waals surface area contributed by atoms with E-state index in [0.717, 1.165) is 18.5 Å². The highest BCUT2D eigenvalue weighted by Gasteiger charge is 2.35. The highest BCUT2D eigenvalue weighted by Crippen LogP contribution is 2.31. The van der Waals surface area contributed by atoms with Crippen molar-refractivity contribution in [2.45, 2.75) is 23.9 Å². The van der Waals surface area contributed by atoms with Crippen molar-refractivity contribution in [3.05, 3.63) is 78.6 Å². The molecule has 1 saturated heterocycles. The molecule has 7 nitrogen and oxygen atoms in total. The van der Waals surface area contributed by atoms with Gasteiger partial charge >= 0.3 is 0 Å². The molecule has 1 atom stereocenters. The molecular formula is C23H24N4O3S. The van der Waals surface area contributed by atoms with E-state index < -0.39 is 10.0 Å². The minimum atomic E-state index is -3.54. The van der Waals surface area contributed by atoms with Gasteiger partial charge in [-0.1, -0.05) is 18.2 Å². The topological polar surface area (TPSA) is 83.4 Å². The first-order valence-electron chi connectivity index (χ1n) is 10.4. The number of para-hydroxylation sites is 1. The van der Waals surface area contributed by atoms with Crippen molar-refractivity contribution in [2.75, 3.05) is 18.4 Å². The number of aromatic nitrogens is 1. The summed E-state index contributed by atoms with van der Waals surface area (Å²) in [6.45, 7) is 1.19. The lowest BCUT2D eigenvalue weighted by molar-refractivity contribution is 0.0679. The summed E-state index contributed by atoms with van der Waals surface area (Å²) in [7, 11) is -3.54. The number of amides is 1. The Hall–Kier alpha value is -3.10. The summed E-state index contributed by atoms with van der Waals surface area (Å²) < 4.78 is 29.9. The van der Waals surface area contributed by atoms with Crippen molar-refractivity contribution >= 4 is 21.6 Å². The van der Waals surface area contributed by atoms with Crippen LogP contribution in [0.3, 0.4) is 0 Å². The number of fused-ring (bicyclic) bond motifs is 1. The van der Waals surface area contributed by atoms with Gasteiger partial charge in [0.25, 0.3) is 5.91 Å². The molecule has 160 valence electrons. The molecule has 5 rings (SSSR count). The second-order valence-electron chi connectivity index (χ2n) is 8.01. The van der Waals surface area contributed by atoms with Crippen molar-refractivity contribution in [3.8, 4) is 5.69 Å². The average molecular weight is 437 g/mol. The number of nitrogens with zero attached hydrogens (tertiary/aromatic N) is 2. The number of nitrogens with one attached hydrogen (secondary N) is 2. The van der Waals surface area contributed by atoms with Crippen LogP contribution in [0.1, 0.15) is 23.2 Å². The second kappa shape index (κ2) is 7.86. The number of hydrogen-bond donors (Lipinski definition) is 2. The molecule has 2 aliphatic heterocycles. The lowest BCUT2D eigenvalue weighted by atomic mass is 9.93. The van der Waals surface area contributed by atoms with Crippen molar-refractivity contribution in [1.29, 1.82) is 0 Å². The quantitative estimate of drug-likeness (QED) is 0.661. The summed E-state index contributed by atoms with van der Waals surface area (Å²) in [5.41, 5.74) is 2.24. The third-order valence-electron chi connectivity index (χ3n) is 6.06. The number of likely N-dealkylation sites (tertiary alicyclic amines) is 1. The molecule has 0 unspecified atom stereocenters. The minimum Gasteiger partial charge on any atom is -0.368 e. The molecule has 8 heteroatoms. The molecule has 0 spiro atoms. The Morgan fingerprint density at radius 1 is 0.935 bits per heavy atom. The number of anilines is 1. The van der Waals surface area contributed by atoms with Gasteiger partial charge in [-0.25, -0.2) is 8.42 Å². The second-order valence-corrected chi connectivity index (χ2v) is 9.69. The van der Waals surface area contributed by atoms with Gasteiger partial charge < -0.3 is 14.8 Å². The molecule has 1 amide bonds. The van der Waals surface area contributed by atoms with Crippen molar-refractivity contribution in [3.63, 3.8) is 0 Å². The molecule has 31 heavy (non-hydrogen) atoms. The summed E-state index contributed by atoms with van der Waals surface area (Å²) in [4.78, 5) is 15.2. The van der Waals surface area contributed by atoms with Gasteiger partial charge in [0, 0.05) is 36.7 Å². The summed E-state index contributed by atoms with van der Waals surface area (Å²) in [5.74, 6) is 0.119. The van der Waals surface area contributed by atoms with E-state index in [1.807, 2.05) is 64.3 Å². The molecule has 2 aromatic carbocycles. The summed E-state index contributed by atoms with van der Waals surface area (Å²) in [6, 6.07) is 18.5. The molecule has 0 saturated carbocycles. The third-order valence-corrected chi connectivity index (χ3v) is 7.56. The van der Waals surface area contributed by atoms with E-state index in [9.17, 15) is 13.2 Å². The largest absolute Gasteiger partial charge is 0.368 e. The van der Waals surface area contributed by atoms with Crippen LogP contribution in [-0.2, 0) is 10.0 Å². The smallest absolute Gasteiger partial charge is 0.253 e. The maximum atomic E-state index is 13.1. The van der Waals surface area contributed by atoms with Gasteiger partial charge in [-0.05, 0) is 61.2 Å². The van der Waals surface area contributed by atoms with Crippen LogP contribution >= 0.6 is 0 Å². The predicted octanol–water partition coefficient (Wildman–Crippen LogP) is 3.06.